The van der Waals surface area contributed by atoms with Crippen LogP contribution in [-0.4, -0.2) is 11.7 Å². The SMILES string of the molecule is CCC[C@@H]1C=CC2(CCCC2)O1. The van der Waals surface area contributed by atoms with Gasteiger partial charge in [0.2, 0.25) is 0 Å². The molecule has 0 aromatic heterocycles. The van der Waals surface area contributed by atoms with E-state index < -0.39 is 0 Å². The third-order valence-corrected chi connectivity index (χ3v) is 3.02. The van der Waals surface area contributed by atoms with E-state index in [1.165, 1.54) is 38.5 Å². The molecule has 0 bridgehead atoms. The smallest absolute Gasteiger partial charge is 0.0871 e. The van der Waals surface area contributed by atoms with Crippen molar-refractivity contribution >= 4 is 0 Å². The summed E-state index contributed by atoms with van der Waals surface area (Å²) in [5.41, 5.74) is 0.180. The van der Waals surface area contributed by atoms with Crippen molar-refractivity contribution < 1.29 is 4.74 Å². The highest BCUT2D eigenvalue weighted by Crippen LogP contribution is 2.39. The van der Waals surface area contributed by atoms with Gasteiger partial charge in [0.25, 0.3) is 0 Å². The molecule has 68 valence electrons. The lowest BCUT2D eigenvalue weighted by molar-refractivity contribution is -0.0218. The summed E-state index contributed by atoms with van der Waals surface area (Å²) in [4.78, 5) is 0. The summed E-state index contributed by atoms with van der Waals surface area (Å²) in [6.07, 6.45) is 12.6. The van der Waals surface area contributed by atoms with Crippen molar-refractivity contribution in [2.24, 2.45) is 0 Å². The monoisotopic (exact) mass is 166 g/mol. The Morgan fingerprint density at radius 2 is 2.17 bits per heavy atom. The van der Waals surface area contributed by atoms with Gasteiger partial charge in [-0.15, -0.1) is 0 Å². The Balaban J connectivity index is 1.93. The second kappa shape index (κ2) is 3.21. The lowest BCUT2D eigenvalue weighted by atomic mass is 10.0. The lowest BCUT2D eigenvalue weighted by Crippen LogP contribution is -2.25. The molecule has 12 heavy (non-hydrogen) atoms. The van der Waals surface area contributed by atoms with Gasteiger partial charge in [-0.2, -0.15) is 0 Å². The molecule has 1 heterocycles. The van der Waals surface area contributed by atoms with Crippen molar-refractivity contribution in [2.45, 2.75) is 57.2 Å². The third kappa shape index (κ3) is 1.42. The molecule has 1 aliphatic heterocycles. The molecular weight excluding hydrogens is 148 g/mol. The van der Waals surface area contributed by atoms with Crippen LogP contribution in [0.1, 0.15) is 45.4 Å². The molecule has 0 saturated heterocycles. The molecule has 1 heteroatoms. The summed E-state index contributed by atoms with van der Waals surface area (Å²) in [6, 6.07) is 0. The van der Waals surface area contributed by atoms with Crippen LogP contribution in [-0.2, 0) is 4.74 Å². The van der Waals surface area contributed by atoms with E-state index in [1.807, 2.05) is 0 Å². The van der Waals surface area contributed by atoms with Gasteiger partial charge in [0.05, 0.1) is 11.7 Å². The fourth-order valence-electron chi connectivity index (χ4n) is 2.36. The van der Waals surface area contributed by atoms with E-state index in [0.29, 0.717) is 6.10 Å². The van der Waals surface area contributed by atoms with Crippen molar-refractivity contribution in [1.82, 2.24) is 0 Å². The van der Waals surface area contributed by atoms with Gasteiger partial charge in [-0.25, -0.2) is 0 Å². The molecular formula is C11H18O. The van der Waals surface area contributed by atoms with Gasteiger partial charge in [-0.1, -0.05) is 38.3 Å². The number of hydrogen-bond donors (Lipinski definition) is 0. The molecule has 1 fully saturated rings. The molecule has 0 N–H and O–H groups in total. The molecule has 0 amide bonds. The van der Waals surface area contributed by atoms with Gasteiger partial charge < -0.3 is 4.74 Å². The summed E-state index contributed by atoms with van der Waals surface area (Å²) < 4.78 is 6.04. The third-order valence-electron chi connectivity index (χ3n) is 3.02. The van der Waals surface area contributed by atoms with E-state index in [1.54, 1.807) is 0 Å². The Hall–Kier alpha value is -0.300. The second-order valence-electron chi connectivity index (χ2n) is 4.08. The summed E-state index contributed by atoms with van der Waals surface area (Å²) in [6.45, 7) is 2.22. The quantitative estimate of drug-likeness (QED) is 0.573. The van der Waals surface area contributed by atoms with Crippen LogP contribution in [0, 0.1) is 0 Å². The predicted octanol–water partition coefficient (Wildman–Crippen LogP) is 3.05. The minimum atomic E-state index is 0.180. The summed E-state index contributed by atoms with van der Waals surface area (Å²) >= 11 is 0. The molecule has 2 rings (SSSR count). The Labute approximate surface area is 74.8 Å². The number of rotatable bonds is 2. The zero-order valence-electron chi connectivity index (χ0n) is 7.88. The highest BCUT2D eigenvalue weighted by atomic mass is 16.5. The molecule has 1 aliphatic carbocycles. The Bertz CT molecular complexity index is 177. The standard InChI is InChI=1S/C11H18O/c1-2-5-10-6-9-11(12-10)7-3-4-8-11/h6,9-10H,2-5,7-8H2,1H3/t10-/m1/s1. The van der Waals surface area contributed by atoms with Gasteiger partial charge in [-0.3, -0.25) is 0 Å². The zero-order chi connectivity index (χ0) is 8.44. The number of ether oxygens (including phenoxy) is 1. The lowest BCUT2D eigenvalue weighted by Gasteiger charge is -2.23. The van der Waals surface area contributed by atoms with E-state index >= 15 is 0 Å². The first-order chi connectivity index (χ1) is 5.85. The van der Waals surface area contributed by atoms with Crippen LogP contribution in [0.25, 0.3) is 0 Å². The zero-order valence-corrected chi connectivity index (χ0v) is 7.88. The number of hydrogen-bond acceptors (Lipinski definition) is 1. The molecule has 0 unspecified atom stereocenters. The fraction of sp³-hybridized carbons (Fsp3) is 0.818. The summed E-state index contributed by atoms with van der Waals surface area (Å²) in [7, 11) is 0. The minimum Gasteiger partial charge on any atom is -0.364 e. The molecule has 1 saturated carbocycles. The molecule has 0 radical (unpaired) electrons. The van der Waals surface area contributed by atoms with Gasteiger partial charge in [0, 0.05) is 0 Å². The van der Waals surface area contributed by atoms with Crippen LogP contribution in [0.3, 0.4) is 0 Å². The van der Waals surface area contributed by atoms with Crippen molar-refractivity contribution in [1.29, 1.82) is 0 Å². The van der Waals surface area contributed by atoms with E-state index in [4.69, 9.17) is 4.74 Å². The Morgan fingerprint density at radius 3 is 2.83 bits per heavy atom. The van der Waals surface area contributed by atoms with Crippen LogP contribution in [0.4, 0.5) is 0 Å². The second-order valence-corrected chi connectivity index (χ2v) is 4.08. The van der Waals surface area contributed by atoms with Crippen LogP contribution in [0.5, 0.6) is 0 Å². The van der Waals surface area contributed by atoms with Crippen LogP contribution < -0.4 is 0 Å². The van der Waals surface area contributed by atoms with Gasteiger partial charge in [0.15, 0.2) is 0 Å². The first kappa shape index (κ1) is 8.31. The van der Waals surface area contributed by atoms with E-state index in [0.717, 1.165) is 0 Å². The van der Waals surface area contributed by atoms with E-state index in [2.05, 4.69) is 19.1 Å². The normalized spacial score (nSPS) is 31.9. The molecule has 1 atom stereocenters. The van der Waals surface area contributed by atoms with Crippen molar-refractivity contribution in [3.63, 3.8) is 0 Å². The molecule has 1 spiro atoms. The topological polar surface area (TPSA) is 9.23 Å². The van der Waals surface area contributed by atoms with E-state index in [9.17, 15) is 0 Å². The maximum absolute atomic E-state index is 6.04. The minimum absolute atomic E-state index is 0.180. The first-order valence-electron chi connectivity index (χ1n) is 5.22. The maximum atomic E-state index is 6.04. The van der Waals surface area contributed by atoms with Crippen molar-refractivity contribution in [3.8, 4) is 0 Å². The van der Waals surface area contributed by atoms with Crippen LogP contribution in [0.2, 0.25) is 0 Å². The van der Waals surface area contributed by atoms with Gasteiger partial charge in [-0.05, 0) is 19.3 Å². The average molecular weight is 166 g/mol. The molecule has 0 aromatic rings. The van der Waals surface area contributed by atoms with Crippen molar-refractivity contribution in [2.75, 3.05) is 0 Å². The Kier molecular flexibility index (Phi) is 2.22. The van der Waals surface area contributed by atoms with E-state index in [-0.39, 0.29) is 5.60 Å². The van der Waals surface area contributed by atoms with Crippen LogP contribution >= 0.6 is 0 Å². The highest BCUT2D eigenvalue weighted by molar-refractivity contribution is 5.13. The predicted molar refractivity (Wildman–Crippen MR) is 50.1 cm³/mol. The van der Waals surface area contributed by atoms with Crippen molar-refractivity contribution in [3.05, 3.63) is 12.2 Å². The Morgan fingerprint density at radius 1 is 1.42 bits per heavy atom. The molecule has 1 nitrogen and oxygen atoms in total. The average Bonchev–Trinajstić information content (AvgIpc) is 2.65. The first-order valence-corrected chi connectivity index (χ1v) is 5.22. The maximum Gasteiger partial charge on any atom is 0.0871 e. The molecule has 2 aliphatic rings. The largest absolute Gasteiger partial charge is 0.364 e. The van der Waals surface area contributed by atoms with Crippen LogP contribution in [0.15, 0.2) is 12.2 Å². The van der Waals surface area contributed by atoms with Gasteiger partial charge in [0.1, 0.15) is 0 Å². The summed E-state index contributed by atoms with van der Waals surface area (Å²) in [5.74, 6) is 0. The fourth-order valence-corrected chi connectivity index (χ4v) is 2.36. The summed E-state index contributed by atoms with van der Waals surface area (Å²) in [5, 5.41) is 0. The highest BCUT2D eigenvalue weighted by Gasteiger charge is 2.37. The van der Waals surface area contributed by atoms with Gasteiger partial charge >= 0.3 is 0 Å². The molecule has 0 aromatic carbocycles.